The van der Waals surface area contributed by atoms with Gasteiger partial charge in [-0.1, -0.05) is 12.1 Å². The maximum absolute atomic E-state index is 11.5. The highest BCUT2D eigenvalue weighted by Crippen LogP contribution is 2.32. The average Bonchev–Trinajstić information content (AvgIpc) is 2.89. The molecule has 1 aromatic carbocycles. The highest BCUT2D eigenvalue weighted by Gasteiger charge is 2.52. The normalized spacial score (nSPS) is 21.0. The van der Waals surface area contributed by atoms with Crippen molar-refractivity contribution in [3.05, 3.63) is 30.1 Å². The Kier molecular flexibility index (Phi) is 2.53. The lowest BCUT2D eigenvalue weighted by Gasteiger charge is -2.45. The minimum Gasteiger partial charge on any atom is -0.438 e. The van der Waals surface area contributed by atoms with Gasteiger partial charge >= 0.3 is 6.09 Å². The first kappa shape index (κ1) is 12.6. The van der Waals surface area contributed by atoms with Gasteiger partial charge in [-0.2, -0.15) is 0 Å². The van der Waals surface area contributed by atoms with E-state index in [4.69, 9.17) is 4.74 Å². The van der Waals surface area contributed by atoms with Crippen LogP contribution in [0, 0.1) is 0 Å². The Morgan fingerprint density at radius 1 is 1.24 bits per heavy atom. The lowest BCUT2D eigenvalue weighted by molar-refractivity contribution is -0.0784. The molecule has 0 radical (unpaired) electrons. The summed E-state index contributed by atoms with van der Waals surface area (Å²) in [6, 6.07) is 8.15. The van der Waals surface area contributed by atoms with Gasteiger partial charge in [0.2, 0.25) is 0 Å². The molecule has 1 amide bonds. The van der Waals surface area contributed by atoms with Gasteiger partial charge in [-0.3, -0.25) is 4.90 Å². The SMILES string of the molecule is CN1CC2(CN(Cc3nc4ccccc4n3C)C2)OC1=O. The summed E-state index contributed by atoms with van der Waals surface area (Å²) in [5.41, 5.74) is 1.88. The number of para-hydroxylation sites is 2. The van der Waals surface area contributed by atoms with Gasteiger partial charge in [0, 0.05) is 27.2 Å². The van der Waals surface area contributed by atoms with Crippen LogP contribution >= 0.6 is 0 Å². The highest BCUT2D eigenvalue weighted by atomic mass is 16.6. The lowest BCUT2D eigenvalue weighted by Crippen LogP contribution is -2.63. The molecule has 0 saturated carbocycles. The fourth-order valence-electron chi connectivity index (χ4n) is 3.37. The fraction of sp³-hybridized carbons (Fsp3) is 0.467. The van der Waals surface area contributed by atoms with Crippen molar-refractivity contribution in [1.29, 1.82) is 0 Å². The number of hydrogen-bond donors (Lipinski definition) is 0. The first-order chi connectivity index (χ1) is 10.1. The van der Waals surface area contributed by atoms with Crippen LogP contribution in [-0.2, 0) is 18.3 Å². The molecule has 2 fully saturated rings. The number of hydrogen-bond acceptors (Lipinski definition) is 4. The zero-order valence-electron chi connectivity index (χ0n) is 12.2. The Labute approximate surface area is 122 Å². The topological polar surface area (TPSA) is 50.6 Å². The first-order valence-corrected chi connectivity index (χ1v) is 7.13. The number of aryl methyl sites for hydroxylation is 1. The molecule has 0 atom stereocenters. The second-order valence-electron chi connectivity index (χ2n) is 6.13. The molecule has 3 heterocycles. The molecular weight excluding hydrogens is 268 g/mol. The van der Waals surface area contributed by atoms with Gasteiger partial charge in [-0.25, -0.2) is 9.78 Å². The van der Waals surface area contributed by atoms with Gasteiger partial charge in [0.15, 0.2) is 5.60 Å². The summed E-state index contributed by atoms with van der Waals surface area (Å²) < 4.78 is 7.60. The van der Waals surface area contributed by atoms with Crippen LogP contribution < -0.4 is 0 Å². The molecule has 0 N–H and O–H groups in total. The largest absolute Gasteiger partial charge is 0.438 e. The molecule has 6 nitrogen and oxygen atoms in total. The van der Waals surface area contributed by atoms with Crippen molar-refractivity contribution >= 4 is 17.1 Å². The summed E-state index contributed by atoms with van der Waals surface area (Å²) in [4.78, 5) is 20.1. The molecule has 0 unspecified atom stereocenters. The van der Waals surface area contributed by atoms with Gasteiger partial charge in [0.25, 0.3) is 0 Å². The van der Waals surface area contributed by atoms with E-state index in [-0.39, 0.29) is 11.7 Å². The van der Waals surface area contributed by atoms with Crippen molar-refractivity contribution < 1.29 is 9.53 Å². The fourth-order valence-corrected chi connectivity index (χ4v) is 3.37. The van der Waals surface area contributed by atoms with Crippen LogP contribution in [0.15, 0.2) is 24.3 Å². The van der Waals surface area contributed by atoms with Gasteiger partial charge in [-0.05, 0) is 12.1 Å². The summed E-state index contributed by atoms with van der Waals surface area (Å²) >= 11 is 0. The van der Waals surface area contributed by atoms with Crippen molar-refractivity contribution in [3.8, 4) is 0 Å². The molecular formula is C15H18N4O2. The summed E-state index contributed by atoms with van der Waals surface area (Å²) in [6.45, 7) is 3.04. The van der Waals surface area contributed by atoms with Crippen molar-refractivity contribution in [2.45, 2.75) is 12.1 Å². The van der Waals surface area contributed by atoms with E-state index in [0.29, 0.717) is 6.54 Å². The van der Waals surface area contributed by atoms with Gasteiger partial charge < -0.3 is 14.2 Å². The monoisotopic (exact) mass is 286 g/mol. The van der Waals surface area contributed by atoms with E-state index in [1.54, 1.807) is 11.9 Å². The summed E-state index contributed by atoms with van der Waals surface area (Å²) in [5, 5.41) is 0. The zero-order valence-corrected chi connectivity index (χ0v) is 12.2. The maximum Gasteiger partial charge on any atom is 0.410 e. The molecule has 4 rings (SSSR count). The summed E-state index contributed by atoms with van der Waals surface area (Å²) in [5.74, 6) is 1.05. The van der Waals surface area contributed by atoms with E-state index in [1.807, 2.05) is 25.2 Å². The molecule has 21 heavy (non-hydrogen) atoms. The number of fused-ring (bicyclic) bond motifs is 1. The maximum atomic E-state index is 11.5. The quantitative estimate of drug-likeness (QED) is 0.832. The van der Waals surface area contributed by atoms with E-state index in [9.17, 15) is 4.79 Å². The predicted molar refractivity (Wildman–Crippen MR) is 77.8 cm³/mol. The molecule has 1 aromatic heterocycles. The third-order valence-corrected chi connectivity index (χ3v) is 4.41. The van der Waals surface area contributed by atoms with Crippen molar-refractivity contribution in [1.82, 2.24) is 19.4 Å². The van der Waals surface area contributed by atoms with Crippen LogP contribution in [0.4, 0.5) is 4.79 Å². The zero-order chi connectivity index (χ0) is 14.6. The molecule has 6 heteroatoms. The molecule has 2 aliphatic rings. The van der Waals surface area contributed by atoms with Crippen LogP contribution in [0.3, 0.4) is 0 Å². The Morgan fingerprint density at radius 2 is 2.00 bits per heavy atom. The number of amides is 1. The number of likely N-dealkylation sites (N-methyl/N-ethyl adjacent to an activating group) is 1. The van der Waals surface area contributed by atoms with Crippen LogP contribution in [-0.4, -0.2) is 57.7 Å². The average molecular weight is 286 g/mol. The van der Waals surface area contributed by atoms with E-state index in [1.165, 1.54) is 0 Å². The molecule has 1 spiro atoms. The van der Waals surface area contributed by atoms with Crippen LogP contribution in [0.2, 0.25) is 0 Å². The van der Waals surface area contributed by atoms with Gasteiger partial charge in [0.1, 0.15) is 5.82 Å². The number of likely N-dealkylation sites (tertiary alicyclic amines) is 1. The number of aromatic nitrogens is 2. The van der Waals surface area contributed by atoms with E-state index >= 15 is 0 Å². The third-order valence-electron chi connectivity index (χ3n) is 4.41. The predicted octanol–water partition coefficient (Wildman–Crippen LogP) is 1.21. The number of benzene rings is 1. The Hall–Kier alpha value is -2.08. The molecule has 110 valence electrons. The van der Waals surface area contributed by atoms with Crippen LogP contribution in [0.1, 0.15) is 5.82 Å². The smallest absolute Gasteiger partial charge is 0.410 e. The van der Waals surface area contributed by atoms with Gasteiger partial charge in [0.05, 0.1) is 24.1 Å². The first-order valence-electron chi connectivity index (χ1n) is 7.13. The third kappa shape index (κ3) is 1.90. The number of ether oxygens (including phenoxy) is 1. The molecule has 0 aliphatic carbocycles. The second kappa shape index (κ2) is 4.21. The molecule has 2 aliphatic heterocycles. The Balaban J connectivity index is 1.48. The number of nitrogens with zero attached hydrogens (tertiary/aromatic N) is 4. The number of imidazole rings is 1. The lowest BCUT2D eigenvalue weighted by atomic mass is 9.94. The summed E-state index contributed by atoms with van der Waals surface area (Å²) in [6.07, 6.45) is -0.211. The van der Waals surface area contributed by atoms with Crippen molar-refractivity contribution in [3.63, 3.8) is 0 Å². The Morgan fingerprint density at radius 3 is 2.67 bits per heavy atom. The van der Waals surface area contributed by atoms with Crippen molar-refractivity contribution in [2.24, 2.45) is 7.05 Å². The van der Waals surface area contributed by atoms with E-state index in [0.717, 1.165) is 36.5 Å². The highest BCUT2D eigenvalue weighted by molar-refractivity contribution is 5.75. The number of carbonyl (C=O) groups excluding carboxylic acids is 1. The standard InChI is InChI=1S/C15H18N4O2/c1-17-8-15(21-14(17)20)9-19(10-15)7-13-16-11-5-3-4-6-12(11)18(13)2/h3-6H,7-10H2,1-2H3. The number of rotatable bonds is 2. The number of carbonyl (C=O) groups is 1. The second-order valence-corrected chi connectivity index (χ2v) is 6.13. The van der Waals surface area contributed by atoms with Crippen molar-refractivity contribution in [2.75, 3.05) is 26.7 Å². The van der Waals surface area contributed by atoms with Crippen LogP contribution in [0.25, 0.3) is 11.0 Å². The molecule has 0 bridgehead atoms. The van der Waals surface area contributed by atoms with E-state index in [2.05, 4.69) is 20.5 Å². The van der Waals surface area contributed by atoms with Gasteiger partial charge in [-0.15, -0.1) is 0 Å². The molecule has 2 saturated heterocycles. The summed E-state index contributed by atoms with van der Waals surface area (Å²) in [7, 11) is 3.83. The molecule has 2 aromatic rings. The van der Waals surface area contributed by atoms with E-state index < -0.39 is 0 Å². The minimum atomic E-state index is -0.295. The Bertz CT molecular complexity index is 718. The minimum absolute atomic E-state index is 0.211. The van der Waals surface area contributed by atoms with Crippen LogP contribution in [0.5, 0.6) is 0 Å².